The lowest BCUT2D eigenvalue weighted by molar-refractivity contribution is -0.125. The zero-order valence-corrected chi connectivity index (χ0v) is 12.3. The Kier molecular flexibility index (Phi) is 5.30. The molecule has 0 bridgehead atoms. The summed E-state index contributed by atoms with van der Waals surface area (Å²) in [6, 6.07) is 10.3. The first-order valence-electron chi connectivity index (χ1n) is 6.73. The number of rotatable bonds is 6. The SMILES string of the molecule is CCC(Cc1ccc(F)cc1)C(=O)NCc1cccs1. The van der Waals surface area contributed by atoms with Crippen LogP contribution < -0.4 is 5.32 Å². The van der Waals surface area contributed by atoms with E-state index < -0.39 is 0 Å². The van der Waals surface area contributed by atoms with E-state index in [4.69, 9.17) is 0 Å². The third-order valence-corrected chi connectivity index (χ3v) is 4.15. The van der Waals surface area contributed by atoms with Crippen molar-refractivity contribution in [1.82, 2.24) is 5.32 Å². The standard InChI is InChI=1S/C16H18FNOS/c1-2-13(10-12-5-7-14(17)8-6-12)16(19)18-11-15-4-3-9-20-15/h3-9,13H,2,10-11H2,1H3,(H,18,19). The molecule has 0 spiro atoms. The zero-order chi connectivity index (χ0) is 14.4. The predicted molar refractivity (Wildman–Crippen MR) is 80.1 cm³/mol. The van der Waals surface area contributed by atoms with Crippen LogP contribution in [0.2, 0.25) is 0 Å². The van der Waals surface area contributed by atoms with E-state index in [1.807, 2.05) is 24.4 Å². The van der Waals surface area contributed by atoms with Crippen molar-refractivity contribution in [2.24, 2.45) is 5.92 Å². The van der Waals surface area contributed by atoms with Gasteiger partial charge in [-0.05, 0) is 42.0 Å². The molecule has 0 aliphatic carbocycles. The maximum atomic E-state index is 12.9. The Hall–Kier alpha value is -1.68. The Morgan fingerprint density at radius 2 is 2.05 bits per heavy atom. The Bertz CT molecular complexity index is 536. The number of nitrogens with one attached hydrogen (secondary N) is 1. The molecule has 2 aromatic rings. The van der Waals surface area contributed by atoms with Gasteiger partial charge in [-0.3, -0.25) is 4.79 Å². The van der Waals surface area contributed by atoms with E-state index >= 15 is 0 Å². The lowest BCUT2D eigenvalue weighted by Crippen LogP contribution is -2.31. The fourth-order valence-electron chi connectivity index (χ4n) is 2.06. The van der Waals surface area contributed by atoms with Gasteiger partial charge in [0.25, 0.3) is 0 Å². The van der Waals surface area contributed by atoms with Gasteiger partial charge in [-0.25, -0.2) is 4.39 Å². The highest BCUT2D eigenvalue weighted by atomic mass is 32.1. The van der Waals surface area contributed by atoms with Gasteiger partial charge in [-0.15, -0.1) is 11.3 Å². The van der Waals surface area contributed by atoms with Crippen LogP contribution in [0, 0.1) is 11.7 Å². The van der Waals surface area contributed by atoms with Gasteiger partial charge in [0, 0.05) is 10.8 Å². The molecule has 0 radical (unpaired) electrons. The molecule has 1 aromatic heterocycles. The molecule has 0 aliphatic rings. The normalized spacial score (nSPS) is 12.1. The summed E-state index contributed by atoms with van der Waals surface area (Å²) >= 11 is 1.63. The maximum absolute atomic E-state index is 12.9. The van der Waals surface area contributed by atoms with Crippen LogP contribution in [-0.2, 0) is 17.8 Å². The molecular weight excluding hydrogens is 273 g/mol. The fraction of sp³-hybridized carbons (Fsp3) is 0.312. The summed E-state index contributed by atoms with van der Waals surface area (Å²) in [4.78, 5) is 13.3. The average molecular weight is 291 g/mol. The maximum Gasteiger partial charge on any atom is 0.223 e. The van der Waals surface area contributed by atoms with Crippen molar-refractivity contribution in [2.75, 3.05) is 0 Å². The van der Waals surface area contributed by atoms with Crippen LogP contribution in [0.4, 0.5) is 4.39 Å². The highest BCUT2D eigenvalue weighted by molar-refractivity contribution is 7.09. The van der Waals surface area contributed by atoms with Gasteiger partial charge < -0.3 is 5.32 Å². The van der Waals surface area contributed by atoms with E-state index in [9.17, 15) is 9.18 Å². The minimum Gasteiger partial charge on any atom is -0.351 e. The molecule has 2 rings (SSSR count). The second-order valence-corrected chi connectivity index (χ2v) is 5.77. The topological polar surface area (TPSA) is 29.1 Å². The predicted octanol–water partition coefficient (Wildman–Crippen LogP) is 3.77. The monoisotopic (exact) mass is 291 g/mol. The van der Waals surface area contributed by atoms with E-state index in [1.54, 1.807) is 23.5 Å². The summed E-state index contributed by atoms with van der Waals surface area (Å²) in [5, 5.41) is 4.96. The second kappa shape index (κ2) is 7.20. The van der Waals surface area contributed by atoms with Crippen molar-refractivity contribution in [2.45, 2.75) is 26.3 Å². The zero-order valence-electron chi connectivity index (χ0n) is 11.4. The molecule has 1 N–H and O–H groups in total. The van der Waals surface area contributed by atoms with Crippen LogP contribution in [0.15, 0.2) is 41.8 Å². The first-order valence-corrected chi connectivity index (χ1v) is 7.61. The van der Waals surface area contributed by atoms with Crippen molar-refractivity contribution in [3.8, 4) is 0 Å². The third-order valence-electron chi connectivity index (χ3n) is 3.28. The third kappa shape index (κ3) is 4.17. The minimum absolute atomic E-state index is 0.0604. The van der Waals surface area contributed by atoms with E-state index in [0.29, 0.717) is 13.0 Å². The van der Waals surface area contributed by atoms with Crippen molar-refractivity contribution in [1.29, 1.82) is 0 Å². The smallest absolute Gasteiger partial charge is 0.223 e. The summed E-state index contributed by atoms with van der Waals surface area (Å²) < 4.78 is 12.9. The van der Waals surface area contributed by atoms with Gasteiger partial charge in [0.15, 0.2) is 0 Å². The Balaban J connectivity index is 1.90. The van der Waals surface area contributed by atoms with Crippen LogP contribution in [0.5, 0.6) is 0 Å². The molecule has 1 amide bonds. The average Bonchev–Trinajstić information content (AvgIpc) is 2.97. The Morgan fingerprint density at radius 1 is 1.30 bits per heavy atom. The molecule has 20 heavy (non-hydrogen) atoms. The molecule has 0 saturated heterocycles. The molecule has 2 nitrogen and oxygen atoms in total. The summed E-state index contributed by atoms with van der Waals surface area (Å²) in [5.74, 6) is -0.255. The van der Waals surface area contributed by atoms with Crippen molar-refractivity contribution >= 4 is 17.2 Å². The van der Waals surface area contributed by atoms with Gasteiger partial charge in [0.05, 0.1) is 6.54 Å². The van der Waals surface area contributed by atoms with Gasteiger partial charge in [-0.1, -0.05) is 25.1 Å². The number of thiophene rings is 1. The number of hydrogen-bond donors (Lipinski definition) is 1. The van der Waals surface area contributed by atoms with E-state index in [-0.39, 0.29) is 17.6 Å². The van der Waals surface area contributed by atoms with Gasteiger partial charge in [-0.2, -0.15) is 0 Å². The van der Waals surface area contributed by atoms with Gasteiger partial charge >= 0.3 is 0 Å². The molecule has 0 saturated carbocycles. The molecule has 4 heteroatoms. The quantitative estimate of drug-likeness (QED) is 0.862. The number of halogens is 1. The summed E-state index contributed by atoms with van der Waals surface area (Å²) in [7, 11) is 0. The van der Waals surface area contributed by atoms with Crippen LogP contribution in [-0.4, -0.2) is 5.91 Å². The number of hydrogen-bond acceptors (Lipinski definition) is 2. The highest BCUT2D eigenvalue weighted by Gasteiger charge is 2.16. The molecule has 0 fully saturated rings. The number of carbonyl (C=O) groups is 1. The number of benzene rings is 1. The van der Waals surface area contributed by atoms with Crippen molar-refractivity contribution in [3.63, 3.8) is 0 Å². The van der Waals surface area contributed by atoms with E-state index in [0.717, 1.165) is 16.9 Å². The minimum atomic E-state index is -0.246. The summed E-state index contributed by atoms with van der Waals surface area (Å²) in [6.07, 6.45) is 1.42. The summed E-state index contributed by atoms with van der Waals surface area (Å²) in [6.45, 7) is 2.58. The van der Waals surface area contributed by atoms with Crippen molar-refractivity contribution in [3.05, 3.63) is 58.0 Å². The molecular formula is C16H18FNOS. The van der Waals surface area contributed by atoms with Crippen LogP contribution >= 0.6 is 11.3 Å². The number of carbonyl (C=O) groups excluding carboxylic acids is 1. The second-order valence-electron chi connectivity index (χ2n) is 4.73. The largest absolute Gasteiger partial charge is 0.351 e. The molecule has 1 aromatic carbocycles. The number of amides is 1. The van der Waals surface area contributed by atoms with Crippen molar-refractivity contribution < 1.29 is 9.18 Å². The Labute approximate surface area is 122 Å². The molecule has 1 heterocycles. The van der Waals surface area contributed by atoms with Gasteiger partial charge in [0.2, 0.25) is 5.91 Å². The first-order chi connectivity index (χ1) is 9.69. The van der Waals surface area contributed by atoms with Gasteiger partial charge in [0.1, 0.15) is 5.82 Å². The van der Waals surface area contributed by atoms with Crippen LogP contribution in [0.3, 0.4) is 0 Å². The summed E-state index contributed by atoms with van der Waals surface area (Å²) in [5.41, 5.74) is 0.990. The fourth-order valence-corrected chi connectivity index (χ4v) is 2.70. The van der Waals surface area contributed by atoms with E-state index in [1.165, 1.54) is 12.1 Å². The molecule has 1 unspecified atom stereocenters. The Morgan fingerprint density at radius 3 is 2.65 bits per heavy atom. The lowest BCUT2D eigenvalue weighted by atomic mass is 9.96. The van der Waals surface area contributed by atoms with Crippen LogP contribution in [0.25, 0.3) is 0 Å². The lowest BCUT2D eigenvalue weighted by Gasteiger charge is -2.14. The highest BCUT2D eigenvalue weighted by Crippen LogP contribution is 2.14. The van der Waals surface area contributed by atoms with E-state index in [2.05, 4.69) is 5.32 Å². The molecule has 1 atom stereocenters. The first kappa shape index (κ1) is 14.7. The van der Waals surface area contributed by atoms with Crippen LogP contribution in [0.1, 0.15) is 23.8 Å². The molecule has 106 valence electrons. The molecule has 0 aliphatic heterocycles.